The number of nitrogens with zero attached hydrogens (tertiary/aromatic N) is 10. The highest BCUT2D eigenvalue weighted by atomic mass is 15.3. The molecule has 1 N–H and O–H groups in total. The lowest BCUT2D eigenvalue weighted by molar-refractivity contribution is 0.195. The number of pyridine rings is 2. The van der Waals surface area contributed by atoms with Gasteiger partial charge in [0, 0.05) is 61.9 Å². The predicted octanol–water partition coefficient (Wildman–Crippen LogP) is 3.73. The Labute approximate surface area is 244 Å². The first-order chi connectivity index (χ1) is 20.7. The van der Waals surface area contributed by atoms with Crippen LogP contribution in [-0.2, 0) is 0 Å². The van der Waals surface area contributed by atoms with Crippen LogP contribution in [-0.4, -0.2) is 78.5 Å². The van der Waals surface area contributed by atoms with E-state index in [1.807, 2.05) is 43.0 Å². The number of piperazine rings is 1. The SMILES string of the molecule is C[C@H](c1ccccn1)N1CCN(c2ccc(-c3nc(-c4cnn(C5CCNCC5)c4)cn4ncc(C#N)c34)cn2)CC1. The van der Waals surface area contributed by atoms with Crippen LogP contribution in [0, 0.1) is 11.3 Å². The molecule has 0 radical (unpaired) electrons. The van der Waals surface area contributed by atoms with E-state index < -0.39 is 0 Å². The van der Waals surface area contributed by atoms with Gasteiger partial charge in [-0.1, -0.05) is 6.07 Å². The number of rotatable bonds is 6. The summed E-state index contributed by atoms with van der Waals surface area (Å²) >= 11 is 0. The smallest absolute Gasteiger partial charge is 0.128 e. The minimum Gasteiger partial charge on any atom is -0.354 e. The number of hydrogen-bond donors (Lipinski definition) is 1. The van der Waals surface area contributed by atoms with E-state index in [0.29, 0.717) is 22.8 Å². The van der Waals surface area contributed by atoms with Gasteiger partial charge in [-0.3, -0.25) is 14.6 Å². The molecule has 1 atom stereocenters. The zero-order chi connectivity index (χ0) is 28.5. The molecule has 11 nitrogen and oxygen atoms in total. The van der Waals surface area contributed by atoms with Crippen LogP contribution in [0.3, 0.4) is 0 Å². The van der Waals surface area contributed by atoms with Crippen molar-refractivity contribution in [1.29, 1.82) is 5.26 Å². The third-order valence-corrected chi connectivity index (χ3v) is 8.52. The van der Waals surface area contributed by atoms with Crippen molar-refractivity contribution < 1.29 is 0 Å². The fourth-order valence-corrected chi connectivity index (χ4v) is 6.04. The van der Waals surface area contributed by atoms with Gasteiger partial charge in [0.1, 0.15) is 23.0 Å². The summed E-state index contributed by atoms with van der Waals surface area (Å²) in [6.45, 7) is 7.89. The molecule has 5 aromatic heterocycles. The van der Waals surface area contributed by atoms with E-state index in [1.165, 1.54) is 0 Å². The topological polar surface area (TPSA) is 116 Å². The Balaban J connectivity index is 1.13. The highest BCUT2D eigenvalue weighted by Gasteiger charge is 2.24. The third-order valence-electron chi connectivity index (χ3n) is 8.52. The zero-order valence-electron chi connectivity index (χ0n) is 23.6. The van der Waals surface area contributed by atoms with Crippen LogP contribution in [0.2, 0.25) is 0 Å². The predicted molar refractivity (Wildman–Crippen MR) is 160 cm³/mol. The first-order valence-corrected chi connectivity index (χ1v) is 14.6. The molecule has 0 amide bonds. The Morgan fingerprint density at radius 3 is 2.52 bits per heavy atom. The van der Waals surface area contributed by atoms with Crippen molar-refractivity contribution in [3.05, 3.63) is 78.8 Å². The molecule has 2 saturated heterocycles. The largest absolute Gasteiger partial charge is 0.354 e. The summed E-state index contributed by atoms with van der Waals surface area (Å²) in [5.74, 6) is 0.938. The lowest BCUT2D eigenvalue weighted by Gasteiger charge is -2.38. The molecule has 0 bridgehead atoms. The minimum absolute atomic E-state index is 0.279. The number of piperidine rings is 1. The molecule has 0 unspecified atom stereocenters. The van der Waals surface area contributed by atoms with Gasteiger partial charge in [0.15, 0.2) is 0 Å². The first-order valence-electron chi connectivity index (χ1n) is 14.6. The van der Waals surface area contributed by atoms with Crippen molar-refractivity contribution in [3.8, 4) is 28.6 Å². The van der Waals surface area contributed by atoms with Crippen LogP contribution in [0.1, 0.15) is 43.1 Å². The van der Waals surface area contributed by atoms with Crippen LogP contribution in [0.25, 0.3) is 28.0 Å². The molecule has 42 heavy (non-hydrogen) atoms. The fourth-order valence-electron chi connectivity index (χ4n) is 6.04. The third kappa shape index (κ3) is 5.00. The van der Waals surface area contributed by atoms with Crippen molar-refractivity contribution >= 4 is 11.3 Å². The summed E-state index contributed by atoms with van der Waals surface area (Å²) in [6, 6.07) is 13.1. The van der Waals surface area contributed by atoms with Crippen LogP contribution in [0.5, 0.6) is 0 Å². The van der Waals surface area contributed by atoms with Gasteiger partial charge < -0.3 is 10.2 Å². The van der Waals surface area contributed by atoms with E-state index in [2.05, 4.69) is 66.3 Å². The van der Waals surface area contributed by atoms with Crippen molar-refractivity contribution in [3.63, 3.8) is 0 Å². The highest BCUT2D eigenvalue weighted by molar-refractivity contribution is 5.83. The molecule has 0 aliphatic carbocycles. The lowest BCUT2D eigenvalue weighted by Crippen LogP contribution is -2.47. The summed E-state index contributed by atoms with van der Waals surface area (Å²) in [4.78, 5) is 19.2. The Morgan fingerprint density at radius 2 is 1.79 bits per heavy atom. The Kier molecular flexibility index (Phi) is 7.07. The average molecular weight is 560 g/mol. The maximum Gasteiger partial charge on any atom is 0.128 e. The summed E-state index contributed by atoms with van der Waals surface area (Å²) < 4.78 is 3.80. The number of fused-ring (bicyclic) bond motifs is 1. The van der Waals surface area contributed by atoms with E-state index in [4.69, 9.17) is 9.97 Å². The summed E-state index contributed by atoms with van der Waals surface area (Å²) in [6.07, 6.45) is 13.2. The first kappa shape index (κ1) is 26.3. The number of anilines is 1. The average Bonchev–Trinajstić information content (AvgIpc) is 3.73. The monoisotopic (exact) mass is 559 g/mol. The second-order valence-corrected chi connectivity index (χ2v) is 11.0. The standard InChI is InChI=1S/C31H33N11/c1-22(27-4-2-3-9-34-27)39-12-14-40(15-13-39)29-6-5-23(17-35-29)30-31-24(16-32)18-37-42(31)21-28(38-30)25-19-36-41(20-25)26-7-10-33-11-8-26/h2-6,9,17-22,26,33H,7-8,10-15H2,1H3/t22-/m1/s1. The zero-order valence-corrected chi connectivity index (χ0v) is 23.6. The van der Waals surface area contributed by atoms with Gasteiger partial charge in [0.2, 0.25) is 0 Å². The molecular formula is C31H33N11. The normalized spacial score (nSPS) is 17.4. The molecule has 11 heteroatoms. The van der Waals surface area contributed by atoms with Crippen LogP contribution in [0.4, 0.5) is 5.82 Å². The second kappa shape index (κ2) is 11.3. The van der Waals surface area contributed by atoms with E-state index in [-0.39, 0.29) is 6.04 Å². The van der Waals surface area contributed by atoms with E-state index in [1.54, 1.807) is 10.7 Å². The van der Waals surface area contributed by atoms with Gasteiger partial charge in [-0.2, -0.15) is 15.5 Å². The van der Waals surface area contributed by atoms with Crippen molar-refractivity contribution in [1.82, 2.24) is 44.6 Å². The maximum atomic E-state index is 9.80. The van der Waals surface area contributed by atoms with Gasteiger partial charge in [-0.15, -0.1) is 0 Å². The molecular weight excluding hydrogens is 526 g/mol. The molecule has 7 rings (SSSR count). The van der Waals surface area contributed by atoms with Crippen LogP contribution in [0.15, 0.2) is 67.5 Å². The summed E-state index contributed by atoms with van der Waals surface area (Å²) in [5, 5.41) is 22.3. The van der Waals surface area contributed by atoms with Gasteiger partial charge in [0.05, 0.1) is 41.7 Å². The summed E-state index contributed by atoms with van der Waals surface area (Å²) in [7, 11) is 0. The highest BCUT2D eigenvalue weighted by Crippen LogP contribution is 2.30. The fraction of sp³-hybridized carbons (Fsp3) is 0.355. The molecule has 212 valence electrons. The van der Waals surface area contributed by atoms with Crippen molar-refractivity contribution in [2.45, 2.75) is 31.8 Å². The number of nitriles is 1. The Bertz CT molecular complexity index is 1700. The van der Waals surface area contributed by atoms with Crippen LogP contribution < -0.4 is 10.2 Å². The van der Waals surface area contributed by atoms with E-state index in [0.717, 1.165) is 80.4 Å². The minimum atomic E-state index is 0.279. The van der Waals surface area contributed by atoms with Crippen LogP contribution >= 0.6 is 0 Å². The Hall–Kier alpha value is -4.66. The van der Waals surface area contributed by atoms with Crippen molar-refractivity contribution in [2.75, 3.05) is 44.2 Å². The van der Waals surface area contributed by atoms with Crippen molar-refractivity contribution in [2.24, 2.45) is 0 Å². The molecule has 2 aliphatic heterocycles. The van der Waals surface area contributed by atoms with E-state index in [9.17, 15) is 5.26 Å². The van der Waals surface area contributed by atoms with Gasteiger partial charge in [-0.05, 0) is 57.1 Å². The molecule has 2 aliphatic rings. The second-order valence-electron chi connectivity index (χ2n) is 11.0. The number of hydrogen-bond acceptors (Lipinski definition) is 9. The molecule has 0 aromatic carbocycles. The molecule has 7 heterocycles. The number of nitrogens with one attached hydrogen (secondary N) is 1. The Morgan fingerprint density at radius 1 is 0.929 bits per heavy atom. The molecule has 5 aromatic rings. The molecule has 2 fully saturated rings. The summed E-state index contributed by atoms with van der Waals surface area (Å²) in [5.41, 5.74) is 5.47. The van der Waals surface area contributed by atoms with Gasteiger partial charge >= 0.3 is 0 Å². The molecule has 0 spiro atoms. The van der Waals surface area contributed by atoms with Gasteiger partial charge in [-0.25, -0.2) is 14.5 Å². The van der Waals surface area contributed by atoms with Gasteiger partial charge in [0.25, 0.3) is 0 Å². The quantitative estimate of drug-likeness (QED) is 0.332. The maximum absolute atomic E-state index is 9.80. The lowest BCUT2D eigenvalue weighted by atomic mass is 10.1. The van der Waals surface area contributed by atoms with E-state index >= 15 is 0 Å². The molecule has 0 saturated carbocycles. The number of aromatic nitrogens is 7.